The van der Waals surface area contributed by atoms with Crippen molar-refractivity contribution in [2.24, 2.45) is 14.1 Å². The first kappa shape index (κ1) is 19.4. The average Bonchev–Trinajstić information content (AvgIpc) is 2.82. The highest BCUT2D eigenvalue weighted by molar-refractivity contribution is 5.85. The maximum absolute atomic E-state index is 12.1. The van der Waals surface area contributed by atoms with E-state index in [4.69, 9.17) is 0 Å². The molecule has 0 saturated heterocycles. The van der Waals surface area contributed by atoms with Gasteiger partial charge in [-0.3, -0.25) is 13.9 Å². The molecule has 7 nitrogen and oxygen atoms in total. The van der Waals surface area contributed by atoms with E-state index in [1.807, 2.05) is 32.5 Å². The van der Waals surface area contributed by atoms with E-state index >= 15 is 0 Å². The number of nitrogens with one attached hydrogen (secondary N) is 1. The molecule has 1 N–H and O–H groups in total. The molecule has 0 aliphatic carbocycles. The normalized spacial score (nSPS) is 10.0. The van der Waals surface area contributed by atoms with Gasteiger partial charge in [-0.15, -0.1) is 12.4 Å². The summed E-state index contributed by atoms with van der Waals surface area (Å²) in [6.07, 6.45) is 0.736. The summed E-state index contributed by atoms with van der Waals surface area (Å²) in [6.45, 7) is 4.62. The molecule has 0 bridgehead atoms. The summed E-state index contributed by atoms with van der Waals surface area (Å²) >= 11 is 0. The van der Waals surface area contributed by atoms with Crippen molar-refractivity contribution in [3.8, 4) is 0 Å². The van der Waals surface area contributed by atoms with Crippen LogP contribution in [0.15, 0.2) is 9.59 Å². The third kappa shape index (κ3) is 3.36. The van der Waals surface area contributed by atoms with Crippen molar-refractivity contribution in [3.05, 3.63) is 26.7 Å². The van der Waals surface area contributed by atoms with Crippen LogP contribution < -0.4 is 16.6 Å². The molecule has 120 valence electrons. The Kier molecular flexibility index (Phi) is 7.38. The van der Waals surface area contributed by atoms with E-state index in [1.54, 1.807) is 7.05 Å². The third-order valence-corrected chi connectivity index (χ3v) is 3.06. The molecule has 2 heterocycles. The van der Waals surface area contributed by atoms with Crippen LogP contribution >= 0.6 is 12.4 Å². The molecule has 0 aliphatic rings. The van der Waals surface area contributed by atoms with Crippen LogP contribution in [0.4, 0.5) is 0 Å². The topological polar surface area (TPSA) is 73.8 Å². The molecule has 8 heteroatoms. The highest BCUT2D eigenvalue weighted by Crippen LogP contribution is 2.10. The molecule has 0 aliphatic heterocycles. The van der Waals surface area contributed by atoms with Gasteiger partial charge in [0.05, 0.1) is 0 Å². The Balaban J connectivity index is 0.000000922. The summed E-state index contributed by atoms with van der Waals surface area (Å²) in [7, 11) is 6.87. The minimum absolute atomic E-state index is 0. The van der Waals surface area contributed by atoms with Crippen molar-refractivity contribution in [1.29, 1.82) is 0 Å². The van der Waals surface area contributed by atoms with Gasteiger partial charge >= 0.3 is 5.69 Å². The molecule has 2 aromatic rings. The smallest absolute Gasteiger partial charge is 0.323 e. The van der Waals surface area contributed by atoms with E-state index in [-0.39, 0.29) is 23.7 Å². The number of aryl methyl sites for hydroxylation is 3. The Bertz CT molecular complexity index is 714. The Morgan fingerprint density at radius 2 is 1.62 bits per heavy atom. The van der Waals surface area contributed by atoms with Gasteiger partial charge in [0.1, 0.15) is 5.82 Å². The second-order valence-corrected chi connectivity index (χ2v) is 4.50. The maximum atomic E-state index is 12.1. The SMILES string of the molecule is CCc1nc2c(c(=O)n(C)c(=O)n2C)n1CC.CNC.Cl. The zero-order valence-electron chi connectivity index (χ0n) is 13.4. The lowest BCUT2D eigenvalue weighted by Crippen LogP contribution is -2.37. The van der Waals surface area contributed by atoms with Crippen LogP contribution in [-0.4, -0.2) is 32.8 Å². The van der Waals surface area contributed by atoms with E-state index in [0.29, 0.717) is 17.7 Å². The van der Waals surface area contributed by atoms with E-state index in [2.05, 4.69) is 10.3 Å². The summed E-state index contributed by atoms with van der Waals surface area (Å²) in [5.41, 5.74) is 0.355. The highest BCUT2D eigenvalue weighted by Gasteiger charge is 2.16. The van der Waals surface area contributed by atoms with Gasteiger partial charge in [0.2, 0.25) is 0 Å². The van der Waals surface area contributed by atoms with E-state index < -0.39 is 0 Å². The van der Waals surface area contributed by atoms with Crippen molar-refractivity contribution in [3.63, 3.8) is 0 Å². The second-order valence-electron chi connectivity index (χ2n) is 4.50. The van der Waals surface area contributed by atoms with Crippen LogP contribution in [0.3, 0.4) is 0 Å². The third-order valence-electron chi connectivity index (χ3n) is 3.06. The van der Waals surface area contributed by atoms with Crippen molar-refractivity contribution < 1.29 is 0 Å². The Hall–Kier alpha value is -1.60. The van der Waals surface area contributed by atoms with Crippen LogP contribution in [0.25, 0.3) is 11.2 Å². The molecule has 2 rings (SSSR count). The van der Waals surface area contributed by atoms with Gasteiger partial charge in [0, 0.05) is 27.1 Å². The molecule has 0 aromatic carbocycles. The molecule has 0 atom stereocenters. The van der Waals surface area contributed by atoms with Gasteiger partial charge in [-0.2, -0.15) is 0 Å². The molecule has 0 spiro atoms. The summed E-state index contributed by atoms with van der Waals surface area (Å²) in [6, 6.07) is 0. The van der Waals surface area contributed by atoms with Crippen LogP contribution in [0.2, 0.25) is 0 Å². The van der Waals surface area contributed by atoms with E-state index in [1.165, 1.54) is 11.6 Å². The monoisotopic (exact) mass is 317 g/mol. The van der Waals surface area contributed by atoms with Crippen LogP contribution in [0, 0.1) is 0 Å². The Labute approximate surface area is 130 Å². The van der Waals surface area contributed by atoms with Gasteiger partial charge in [0.15, 0.2) is 11.2 Å². The predicted octanol–water partition coefficient (Wildman–Crippen LogP) is 0.273. The number of hydrogen-bond donors (Lipinski definition) is 1. The van der Waals surface area contributed by atoms with Crippen LogP contribution in [-0.2, 0) is 27.1 Å². The van der Waals surface area contributed by atoms with Gasteiger partial charge in [0.25, 0.3) is 5.56 Å². The average molecular weight is 318 g/mol. The molecule has 0 radical (unpaired) electrons. The van der Waals surface area contributed by atoms with Crippen LogP contribution in [0.5, 0.6) is 0 Å². The fourth-order valence-electron chi connectivity index (χ4n) is 2.10. The zero-order chi connectivity index (χ0) is 15.4. The van der Waals surface area contributed by atoms with Crippen molar-refractivity contribution in [2.75, 3.05) is 14.1 Å². The largest absolute Gasteiger partial charge is 0.332 e. The first-order chi connectivity index (χ1) is 9.44. The minimum atomic E-state index is -0.342. The Morgan fingerprint density at radius 3 is 2.05 bits per heavy atom. The van der Waals surface area contributed by atoms with Crippen molar-refractivity contribution >= 4 is 23.6 Å². The number of nitrogens with zero attached hydrogens (tertiary/aromatic N) is 4. The molecule has 0 saturated carbocycles. The summed E-state index contributed by atoms with van der Waals surface area (Å²) in [5, 5.41) is 2.75. The quantitative estimate of drug-likeness (QED) is 0.863. The first-order valence-corrected chi connectivity index (χ1v) is 6.68. The zero-order valence-corrected chi connectivity index (χ0v) is 14.2. The molecule has 0 fully saturated rings. The number of hydrogen-bond acceptors (Lipinski definition) is 4. The summed E-state index contributed by atoms with van der Waals surface area (Å²) in [4.78, 5) is 28.3. The standard InChI is InChI=1S/C11H16N4O2.C2H7N.ClH/c1-5-7-12-9-8(15(7)6-2)10(16)14(4)11(17)13(9)3;1-3-2;/h5-6H2,1-4H3;3H,1-2H3;1H. The van der Waals surface area contributed by atoms with E-state index in [9.17, 15) is 9.59 Å². The van der Waals surface area contributed by atoms with Gasteiger partial charge in [-0.25, -0.2) is 9.78 Å². The van der Waals surface area contributed by atoms with Gasteiger partial charge in [-0.1, -0.05) is 6.92 Å². The molecule has 0 amide bonds. The predicted molar refractivity (Wildman–Crippen MR) is 87.5 cm³/mol. The second kappa shape index (κ2) is 7.99. The lowest BCUT2D eigenvalue weighted by Gasteiger charge is -2.05. The fraction of sp³-hybridized carbons (Fsp3) is 0.615. The molecule has 21 heavy (non-hydrogen) atoms. The Morgan fingerprint density at radius 1 is 1.10 bits per heavy atom. The molecule has 0 unspecified atom stereocenters. The number of rotatable bonds is 2. The van der Waals surface area contributed by atoms with Crippen LogP contribution in [0.1, 0.15) is 19.7 Å². The maximum Gasteiger partial charge on any atom is 0.332 e. The molecule has 2 aromatic heterocycles. The molecular weight excluding hydrogens is 294 g/mol. The van der Waals surface area contributed by atoms with Gasteiger partial charge in [-0.05, 0) is 21.0 Å². The highest BCUT2D eigenvalue weighted by atomic mass is 35.5. The number of aromatic nitrogens is 4. The lowest BCUT2D eigenvalue weighted by molar-refractivity contribution is 0.693. The van der Waals surface area contributed by atoms with E-state index in [0.717, 1.165) is 16.8 Å². The lowest BCUT2D eigenvalue weighted by atomic mass is 10.4. The molecular formula is C13H24ClN5O2. The number of halogens is 1. The number of imidazole rings is 1. The van der Waals surface area contributed by atoms with Crippen molar-refractivity contribution in [1.82, 2.24) is 24.0 Å². The number of fused-ring (bicyclic) bond motifs is 1. The summed E-state index contributed by atoms with van der Waals surface area (Å²) < 4.78 is 4.41. The fourth-order valence-corrected chi connectivity index (χ4v) is 2.10. The minimum Gasteiger partial charge on any atom is -0.323 e. The summed E-state index contributed by atoms with van der Waals surface area (Å²) in [5.74, 6) is 0.834. The van der Waals surface area contributed by atoms with Crippen molar-refractivity contribution in [2.45, 2.75) is 26.8 Å². The van der Waals surface area contributed by atoms with Gasteiger partial charge < -0.3 is 9.88 Å². The first-order valence-electron chi connectivity index (χ1n) is 6.68.